The fraction of sp³-hybridized carbons (Fsp3) is 0.565. The Balaban J connectivity index is 1.63. The summed E-state index contributed by atoms with van der Waals surface area (Å²) in [6.07, 6.45) is 9.47. The van der Waals surface area contributed by atoms with Gasteiger partial charge in [-0.05, 0) is 79.2 Å². The molecule has 1 aliphatic carbocycles. The molecule has 30 heavy (non-hydrogen) atoms. The van der Waals surface area contributed by atoms with Crippen molar-refractivity contribution in [3.8, 4) is 0 Å². The molecule has 0 bridgehead atoms. The van der Waals surface area contributed by atoms with Gasteiger partial charge in [0, 0.05) is 11.1 Å². The zero-order valence-corrected chi connectivity index (χ0v) is 17.7. The number of aromatic amines is 1. The maximum Gasteiger partial charge on any atom is 0.253 e. The third-order valence-corrected chi connectivity index (χ3v) is 6.76. The number of fused-ring (bicyclic) bond motifs is 1. The number of hydrogen-bond acceptors (Lipinski definition) is 5. The van der Waals surface area contributed by atoms with Crippen LogP contribution in [0.4, 0.5) is 0 Å². The number of aryl methyl sites for hydroxylation is 1. The van der Waals surface area contributed by atoms with Gasteiger partial charge in [0.1, 0.15) is 6.04 Å². The molecular formula is C23H30N6O. The van der Waals surface area contributed by atoms with Gasteiger partial charge in [-0.3, -0.25) is 9.69 Å². The lowest BCUT2D eigenvalue weighted by molar-refractivity contribution is 0.171. The molecule has 1 aliphatic heterocycles. The van der Waals surface area contributed by atoms with E-state index in [0.29, 0.717) is 6.04 Å². The molecule has 2 aromatic heterocycles. The quantitative estimate of drug-likeness (QED) is 0.711. The van der Waals surface area contributed by atoms with Gasteiger partial charge in [0.15, 0.2) is 5.82 Å². The van der Waals surface area contributed by atoms with Crippen molar-refractivity contribution in [2.45, 2.75) is 70.4 Å². The number of benzene rings is 1. The Kier molecular flexibility index (Phi) is 5.37. The lowest BCUT2D eigenvalue weighted by atomic mass is 9.94. The summed E-state index contributed by atoms with van der Waals surface area (Å²) in [6, 6.07) is 8.37. The fourth-order valence-corrected chi connectivity index (χ4v) is 5.18. The second kappa shape index (κ2) is 8.30. The van der Waals surface area contributed by atoms with Gasteiger partial charge in [-0.15, -0.1) is 5.10 Å². The number of rotatable bonds is 4. The third kappa shape index (κ3) is 3.67. The van der Waals surface area contributed by atoms with Crippen LogP contribution in [0.25, 0.3) is 10.9 Å². The van der Waals surface area contributed by atoms with E-state index in [1.54, 1.807) is 0 Å². The number of nitrogens with one attached hydrogen (secondary N) is 1. The second-order valence-corrected chi connectivity index (χ2v) is 8.92. The number of tetrazole rings is 1. The Bertz CT molecular complexity index is 1070. The molecule has 1 atom stereocenters. The van der Waals surface area contributed by atoms with E-state index in [1.807, 2.05) is 23.7 Å². The van der Waals surface area contributed by atoms with Crippen molar-refractivity contribution in [2.24, 2.45) is 0 Å². The summed E-state index contributed by atoms with van der Waals surface area (Å²) in [6.45, 7) is 3.97. The van der Waals surface area contributed by atoms with Crippen molar-refractivity contribution >= 4 is 10.9 Å². The van der Waals surface area contributed by atoms with Crippen LogP contribution in [-0.2, 0) is 0 Å². The fourth-order valence-electron chi connectivity index (χ4n) is 5.18. The Morgan fingerprint density at radius 2 is 1.80 bits per heavy atom. The molecule has 0 amide bonds. The Labute approximate surface area is 176 Å². The van der Waals surface area contributed by atoms with E-state index in [2.05, 4.69) is 37.5 Å². The van der Waals surface area contributed by atoms with E-state index in [9.17, 15) is 4.79 Å². The molecule has 7 heteroatoms. The second-order valence-electron chi connectivity index (χ2n) is 8.92. The van der Waals surface area contributed by atoms with Crippen molar-refractivity contribution in [3.63, 3.8) is 0 Å². The van der Waals surface area contributed by atoms with Crippen LogP contribution >= 0.6 is 0 Å². The molecule has 158 valence electrons. The van der Waals surface area contributed by atoms with Gasteiger partial charge in [0.05, 0.1) is 6.04 Å². The van der Waals surface area contributed by atoms with Gasteiger partial charge in [-0.1, -0.05) is 37.8 Å². The first-order valence-electron chi connectivity index (χ1n) is 11.4. The first-order chi connectivity index (χ1) is 14.7. The molecule has 7 nitrogen and oxygen atoms in total. The van der Waals surface area contributed by atoms with E-state index < -0.39 is 0 Å². The average molecular weight is 407 g/mol. The van der Waals surface area contributed by atoms with Gasteiger partial charge in [0.2, 0.25) is 0 Å². The molecule has 1 N–H and O–H groups in total. The number of aromatic nitrogens is 5. The smallest absolute Gasteiger partial charge is 0.253 e. The number of likely N-dealkylation sites (tertiary alicyclic amines) is 1. The SMILES string of the molecule is Cc1ccc2cc(C(c3nnnn3C3CCCCC3)N3CCCCC3)c(=O)[nH]c2c1. The first-order valence-corrected chi connectivity index (χ1v) is 11.4. The highest BCUT2D eigenvalue weighted by Gasteiger charge is 2.33. The van der Waals surface area contributed by atoms with Crippen LogP contribution in [0.2, 0.25) is 0 Å². The van der Waals surface area contributed by atoms with E-state index in [0.717, 1.165) is 66.6 Å². The molecule has 1 saturated carbocycles. The predicted molar refractivity (Wildman–Crippen MR) is 117 cm³/mol. The number of nitrogens with zero attached hydrogens (tertiary/aromatic N) is 5. The highest BCUT2D eigenvalue weighted by Crippen LogP contribution is 2.34. The van der Waals surface area contributed by atoms with Gasteiger partial charge in [0.25, 0.3) is 5.56 Å². The normalized spacial score (nSPS) is 19.9. The molecule has 3 heterocycles. The summed E-state index contributed by atoms with van der Waals surface area (Å²) in [5.74, 6) is 0.820. The zero-order valence-electron chi connectivity index (χ0n) is 17.7. The van der Waals surface area contributed by atoms with Crippen LogP contribution < -0.4 is 5.56 Å². The van der Waals surface area contributed by atoms with E-state index in [-0.39, 0.29) is 11.6 Å². The molecule has 5 rings (SSSR count). The molecule has 0 radical (unpaired) electrons. The van der Waals surface area contributed by atoms with Crippen molar-refractivity contribution in [1.29, 1.82) is 0 Å². The molecule has 2 aliphatic rings. The molecule has 1 unspecified atom stereocenters. The van der Waals surface area contributed by atoms with Crippen LogP contribution in [0.15, 0.2) is 29.1 Å². The highest BCUT2D eigenvalue weighted by molar-refractivity contribution is 5.79. The topological polar surface area (TPSA) is 79.7 Å². The van der Waals surface area contributed by atoms with Crippen molar-refractivity contribution < 1.29 is 0 Å². The molecule has 1 saturated heterocycles. The highest BCUT2D eigenvalue weighted by atomic mass is 16.1. The Morgan fingerprint density at radius 1 is 1.03 bits per heavy atom. The van der Waals surface area contributed by atoms with Crippen LogP contribution in [0.3, 0.4) is 0 Å². The summed E-state index contributed by atoms with van der Waals surface area (Å²) in [5, 5.41) is 14.0. The standard InChI is InChI=1S/C23H30N6O/c1-16-10-11-17-15-19(23(30)24-20(17)14-16)21(28-12-6-3-7-13-28)22-25-26-27-29(22)18-8-4-2-5-9-18/h10-11,14-15,18,21H,2-9,12-13H2,1H3,(H,24,30). The Morgan fingerprint density at radius 3 is 2.60 bits per heavy atom. The van der Waals surface area contributed by atoms with E-state index in [1.165, 1.54) is 25.7 Å². The minimum atomic E-state index is -0.211. The molecule has 3 aromatic rings. The minimum Gasteiger partial charge on any atom is -0.322 e. The summed E-state index contributed by atoms with van der Waals surface area (Å²) >= 11 is 0. The van der Waals surface area contributed by atoms with Gasteiger partial charge < -0.3 is 4.98 Å². The largest absolute Gasteiger partial charge is 0.322 e. The lowest BCUT2D eigenvalue weighted by Crippen LogP contribution is -2.39. The van der Waals surface area contributed by atoms with Crippen molar-refractivity contribution in [2.75, 3.05) is 13.1 Å². The lowest BCUT2D eigenvalue weighted by Gasteiger charge is -2.34. The average Bonchev–Trinajstić information content (AvgIpc) is 3.25. The van der Waals surface area contributed by atoms with Gasteiger partial charge in [-0.25, -0.2) is 4.68 Å². The summed E-state index contributed by atoms with van der Waals surface area (Å²) in [4.78, 5) is 18.8. The molecule has 2 fully saturated rings. The Hall–Kier alpha value is -2.54. The van der Waals surface area contributed by atoms with Crippen LogP contribution in [0.1, 0.15) is 80.4 Å². The van der Waals surface area contributed by atoms with Crippen molar-refractivity contribution in [1.82, 2.24) is 30.1 Å². The zero-order chi connectivity index (χ0) is 20.5. The maximum atomic E-state index is 13.3. The summed E-state index contributed by atoms with van der Waals surface area (Å²) in [7, 11) is 0. The number of piperidine rings is 1. The van der Waals surface area contributed by atoms with Gasteiger partial charge in [-0.2, -0.15) is 0 Å². The molecule has 1 aromatic carbocycles. The monoisotopic (exact) mass is 406 g/mol. The van der Waals surface area contributed by atoms with Crippen molar-refractivity contribution in [3.05, 3.63) is 51.6 Å². The third-order valence-electron chi connectivity index (χ3n) is 6.76. The maximum absolute atomic E-state index is 13.3. The van der Waals surface area contributed by atoms with Gasteiger partial charge >= 0.3 is 0 Å². The summed E-state index contributed by atoms with van der Waals surface area (Å²) in [5.41, 5.74) is 2.73. The molecular weight excluding hydrogens is 376 g/mol. The molecule has 0 spiro atoms. The number of H-pyrrole nitrogens is 1. The minimum absolute atomic E-state index is 0.0399. The first kappa shape index (κ1) is 19.4. The predicted octanol–water partition coefficient (Wildman–Crippen LogP) is 3.90. The number of pyridine rings is 1. The van der Waals surface area contributed by atoms with E-state index in [4.69, 9.17) is 0 Å². The van der Waals surface area contributed by atoms with Crippen LogP contribution in [-0.4, -0.2) is 43.2 Å². The summed E-state index contributed by atoms with van der Waals surface area (Å²) < 4.78 is 2.03. The van der Waals surface area contributed by atoms with Crippen LogP contribution in [0, 0.1) is 6.92 Å². The van der Waals surface area contributed by atoms with Crippen LogP contribution in [0.5, 0.6) is 0 Å². The number of hydrogen-bond donors (Lipinski definition) is 1. The van der Waals surface area contributed by atoms with E-state index >= 15 is 0 Å².